The van der Waals surface area contributed by atoms with Gasteiger partial charge in [-0.2, -0.15) is 0 Å². The molecule has 0 fully saturated rings. The van der Waals surface area contributed by atoms with Crippen molar-refractivity contribution in [1.29, 1.82) is 0 Å². The van der Waals surface area contributed by atoms with Crippen molar-refractivity contribution in [2.24, 2.45) is 0 Å². The van der Waals surface area contributed by atoms with Crippen molar-refractivity contribution in [3.63, 3.8) is 0 Å². The van der Waals surface area contributed by atoms with E-state index in [2.05, 4.69) is 65.8 Å². The van der Waals surface area contributed by atoms with Crippen LogP contribution in [-0.2, 0) is 0 Å². The fraction of sp³-hybridized carbons (Fsp3) is 0.118. The Morgan fingerprint density at radius 3 is 2.50 bits per heavy atom. The Morgan fingerprint density at radius 2 is 1.75 bits per heavy atom. The van der Waals surface area contributed by atoms with Crippen molar-refractivity contribution >= 4 is 17.0 Å². The molecule has 0 amide bonds. The number of anilines is 1. The first-order chi connectivity index (χ1) is 9.84. The molecule has 0 saturated carbocycles. The van der Waals surface area contributed by atoms with Gasteiger partial charge in [0.05, 0.1) is 11.6 Å². The number of hydrogen-bond donors (Lipinski definition) is 1. The maximum atomic E-state index is 4.14. The fourth-order valence-electron chi connectivity index (χ4n) is 2.22. The van der Waals surface area contributed by atoms with Gasteiger partial charge in [-0.05, 0) is 18.6 Å². The molecule has 1 atom stereocenters. The van der Waals surface area contributed by atoms with Crippen LogP contribution >= 0.6 is 11.3 Å². The molecule has 1 unspecified atom stereocenters. The molecule has 0 spiro atoms. The van der Waals surface area contributed by atoms with Crippen LogP contribution in [0.5, 0.6) is 0 Å². The predicted octanol–water partition coefficient (Wildman–Crippen LogP) is 4.98. The highest BCUT2D eigenvalue weighted by atomic mass is 32.1. The Hall–Kier alpha value is -2.13. The molecule has 3 rings (SSSR count). The largest absolute Gasteiger partial charge is 0.377 e. The van der Waals surface area contributed by atoms with E-state index in [1.807, 2.05) is 17.8 Å². The van der Waals surface area contributed by atoms with Crippen molar-refractivity contribution in [2.45, 2.75) is 13.0 Å². The minimum atomic E-state index is 0.257. The number of benzene rings is 2. The number of nitrogens with one attached hydrogen (secondary N) is 1. The number of aromatic nitrogens is 1. The topological polar surface area (TPSA) is 24.9 Å². The molecule has 20 heavy (non-hydrogen) atoms. The summed E-state index contributed by atoms with van der Waals surface area (Å²) in [6.07, 6.45) is 1.92. The van der Waals surface area contributed by atoms with Gasteiger partial charge in [-0.25, -0.2) is 0 Å². The number of hydrogen-bond acceptors (Lipinski definition) is 3. The predicted molar refractivity (Wildman–Crippen MR) is 86.0 cm³/mol. The third-order valence-corrected chi connectivity index (χ3v) is 4.22. The van der Waals surface area contributed by atoms with Gasteiger partial charge in [-0.1, -0.05) is 48.5 Å². The van der Waals surface area contributed by atoms with Crippen molar-refractivity contribution < 1.29 is 0 Å². The minimum Gasteiger partial charge on any atom is -0.377 e. The van der Waals surface area contributed by atoms with Gasteiger partial charge >= 0.3 is 0 Å². The zero-order valence-electron chi connectivity index (χ0n) is 11.3. The molecular weight excluding hydrogens is 264 g/mol. The van der Waals surface area contributed by atoms with Gasteiger partial charge in [-0.15, -0.1) is 11.3 Å². The zero-order valence-corrected chi connectivity index (χ0v) is 12.1. The molecule has 1 N–H and O–H groups in total. The second-order valence-corrected chi connectivity index (χ2v) is 5.60. The van der Waals surface area contributed by atoms with Gasteiger partial charge in [0.25, 0.3) is 0 Å². The molecule has 0 bridgehead atoms. The van der Waals surface area contributed by atoms with Gasteiger partial charge in [0, 0.05) is 22.3 Å². The van der Waals surface area contributed by atoms with E-state index in [1.54, 1.807) is 11.3 Å². The molecule has 0 aliphatic heterocycles. The average Bonchev–Trinajstić information content (AvgIpc) is 3.03. The second-order valence-electron chi connectivity index (χ2n) is 4.68. The summed E-state index contributed by atoms with van der Waals surface area (Å²) in [6, 6.07) is 19.1. The lowest BCUT2D eigenvalue weighted by atomic mass is 10.0. The van der Waals surface area contributed by atoms with Crippen molar-refractivity contribution in [1.82, 2.24) is 4.98 Å². The lowest BCUT2D eigenvalue weighted by Gasteiger charge is -2.17. The summed E-state index contributed by atoms with van der Waals surface area (Å²) in [7, 11) is 0. The van der Waals surface area contributed by atoms with E-state index in [-0.39, 0.29) is 6.04 Å². The third-order valence-electron chi connectivity index (χ3n) is 3.26. The molecule has 1 aromatic heterocycles. The Bertz CT molecular complexity index is 662. The molecule has 2 aromatic carbocycles. The third kappa shape index (κ3) is 2.73. The van der Waals surface area contributed by atoms with Crippen molar-refractivity contribution in [3.05, 3.63) is 71.2 Å². The Labute approximate surface area is 123 Å². The highest BCUT2D eigenvalue weighted by molar-refractivity contribution is 7.09. The zero-order chi connectivity index (χ0) is 13.8. The average molecular weight is 280 g/mol. The first-order valence-electron chi connectivity index (χ1n) is 6.64. The van der Waals surface area contributed by atoms with Gasteiger partial charge in [0.1, 0.15) is 0 Å². The number of para-hydroxylation sites is 1. The van der Waals surface area contributed by atoms with Crippen LogP contribution in [0.1, 0.15) is 17.8 Å². The summed E-state index contributed by atoms with van der Waals surface area (Å²) < 4.78 is 0. The van der Waals surface area contributed by atoms with Crippen LogP contribution in [0.3, 0.4) is 0 Å². The molecular formula is C17H16N2S. The molecule has 0 radical (unpaired) electrons. The first kappa shape index (κ1) is 12.9. The number of rotatable bonds is 4. The highest BCUT2D eigenvalue weighted by Crippen LogP contribution is 2.30. The Morgan fingerprint density at radius 1 is 1.00 bits per heavy atom. The fourth-order valence-corrected chi connectivity index (χ4v) is 2.85. The van der Waals surface area contributed by atoms with E-state index in [4.69, 9.17) is 0 Å². The summed E-state index contributed by atoms with van der Waals surface area (Å²) >= 11 is 1.68. The normalized spacial score (nSPS) is 12.1. The standard InChI is InChI=1S/C17H16N2S/c1-13(17-11-18-12-20-17)19-16-10-6-5-9-15(16)14-7-3-2-4-8-14/h2-13,19H,1H3. The minimum absolute atomic E-state index is 0.257. The molecule has 3 aromatic rings. The van der Waals surface area contributed by atoms with Crippen LogP contribution < -0.4 is 5.32 Å². The van der Waals surface area contributed by atoms with E-state index in [0.717, 1.165) is 5.69 Å². The molecule has 0 aliphatic carbocycles. The van der Waals surface area contributed by atoms with Gasteiger partial charge < -0.3 is 5.32 Å². The lowest BCUT2D eigenvalue weighted by Crippen LogP contribution is -2.05. The van der Waals surface area contributed by atoms with Gasteiger partial charge in [0.2, 0.25) is 0 Å². The monoisotopic (exact) mass is 280 g/mol. The van der Waals surface area contributed by atoms with Crippen LogP contribution in [0.4, 0.5) is 5.69 Å². The summed E-state index contributed by atoms with van der Waals surface area (Å²) in [6.45, 7) is 2.16. The number of thiazole rings is 1. The quantitative estimate of drug-likeness (QED) is 0.728. The van der Waals surface area contributed by atoms with Crippen LogP contribution in [0.25, 0.3) is 11.1 Å². The SMILES string of the molecule is CC(Nc1ccccc1-c1ccccc1)c1cncs1. The van der Waals surface area contributed by atoms with Crippen LogP contribution in [0.15, 0.2) is 66.3 Å². The maximum absolute atomic E-state index is 4.14. The highest BCUT2D eigenvalue weighted by Gasteiger charge is 2.10. The molecule has 2 nitrogen and oxygen atoms in total. The lowest BCUT2D eigenvalue weighted by molar-refractivity contribution is 0.904. The van der Waals surface area contributed by atoms with Crippen LogP contribution in [0.2, 0.25) is 0 Å². The maximum Gasteiger partial charge on any atom is 0.0795 e. The van der Waals surface area contributed by atoms with Crippen molar-refractivity contribution in [3.8, 4) is 11.1 Å². The molecule has 0 saturated heterocycles. The van der Waals surface area contributed by atoms with Crippen LogP contribution in [-0.4, -0.2) is 4.98 Å². The van der Waals surface area contributed by atoms with E-state index in [1.165, 1.54) is 16.0 Å². The number of nitrogens with zero attached hydrogens (tertiary/aromatic N) is 1. The molecule has 0 aliphatic rings. The van der Waals surface area contributed by atoms with E-state index >= 15 is 0 Å². The summed E-state index contributed by atoms with van der Waals surface area (Å²) in [5, 5.41) is 3.58. The van der Waals surface area contributed by atoms with E-state index in [0.29, 0.717) is 0 Å². The Kier molecular flexibility index (Phi) is 3.79. The van der Waals surface area contributed by atoms with E-state index < -0.39 is 0 Å². The van der Waals surface area contributed by atoms with E-state index in [9.17, 15) is 0 Å². The molecule has 3 heteroatoms. The summed E-state index contributed by atoms with van der Waals surface area (Å²) in [5.74, 6) is 0. The summed E-state index contributed by atoms with van der Waals surface area (Å²) in [4.78, 5) is 5.39. The van der Waals surface area contributed by atoms with Crippen molar-refractivity contribution in [2.75, 3.05) is 5.32 Å². The van der Waals surface area contributed by atoms with Crippen LogP contribution in [0, 0.1) is 0 Å². The second kappa shape index (κ2) is 5.88. The first-order valence-corrected chi connectivity index (χ1v) is 7.52. The van der Waals surface area contributed by atoms with Gasteiger partial charge in [0.15, 0.2) is 0 Å². The Balaban J connectivity index is 1.91. The smallest absolute Gasteiger partial charge is 0.0795 e. The molecule has 1 heterocycles. The van der Waals surface area contributed by atoms with Gasteiger partial charge in [-0.3, -0.25) is 4.98 Å². The summed E-state index contributed by atoms with van der Waals surface area (Å²) in [5.41, 5.74) is 5.48. The molecule has 100 valence electrons.